The number of fused-ring (bicyclic) bond motifs is 5. The van der Waals surface area contributed by atoms with Crippen LogP contribution in [0.2, 0.25) is 5.02 Å². The second-order valence-electron chi connectivity index (χ2n) is 13.0. The first-order chi connectivity index (χ1) is 22.7. The standard InChI is InChI=1S/C35H37ClFN7O4/c1-9-25(46)42-15-23-34(47)41(8)32-30(43(23)14-18(42)6)20-13-21(36)29(26-22(37)11-10-12-24(26)45)40-33(20)44(35(32)48)31-27(16(2)3)38-19(7)39-28(31)17(4)5/h9-13,16-18,23,45H,1,14-15H2,2-8H3/t18-,23-/m1/s1. The maximum absolute atomic E-state index is 15.3. The van der Waals surface area contributed by atoms with Gasteiger partial charge in [0.05, 0.1) is 45.6 Å². The normalized spacial score (nSPS) is 17.7. The van der Waals surface area contributed by atoms with Crippen LogP contribution >= 0.6 is 11.6 Å². The van der Waals surface area contributed by atoms with Gasteiger partial charge in [-0.25, -0.2) is 19.3 Å². The quantitative estimate of drug-likeness (QED) is 0.277. The van der Waals surface area contributed by atoms with Gasteiger partial charge in [0.25, 0.3) is 11.5 Å². The fourth-order valence-corrected chi connectivity index (χ4v) is 7.06. The van der Waals surface area contributed by atoms with Crippen LogP contribution in [-0.2, 0) is 9.59 Å². The van der Waals surface area contributed by atoms with Gasteiger partial charge in [-0.2, -0.15) is 0 Å². The number of aryl methyl sites for hydroxylation is 1. The van der Waals surface area contributed by atoms with E-state index in [-0.39, 0.29) is 76.1 Å². The van der Waals surface area contributed by atoms with E-state index in [4.69, 9.17) is 26.6 Å². The van der Waals surface area contributed by atoms with Gasteiger partial charge in [-0.05, 0) is 50.0 Å². The highest BCUT2D eigenvalue weighted by atomic mass is 35.5. The minimum Gasteiger partial charge on any atom is -0.507 e. The molecule has 0 saturated carbocycles. The van der Waals surface area contributed by atoms with Gasteiger partial charge >= 0.3 is 0 Å². The molecular weight excluding hydrogens is 637 g/mol. The highest BCUT2D eigenvalue weighted by Crippen LogP contribution is 2.45. The number of aromatic nitrogens is 4. The number of nitrogens with zero attached hydrogens (tertiary/aromatic N) is 7. The highest BCUT2D eigenvalue weighted by molar-refractivity contribution is 6.34. The zero-order valence-electron chi connectivity index (χ0n) is 27.9. The molecule has 0 bridgehead atoms. The Labute approximate surface area is 282 Å². The van der Waals surface area contributed by atoms with Crippen LogP contribution in [0.5, 0.6) is 5.75 Å². The summed E-state index contributed by atoms with van der Waals surface area (Å²) < 4.78 is 16.7. The third kappa shape index (κ3) is 5.01. The number of carbonyl (C=O) groups excluding carboxylic acids is 2. The van der Waals surface area contributed by atoms with Gasteiger partial charge in [-0.15, -0.1) is 0 Å². The van der Waals surface area contributed by atoms with E-state index in [2.05, 4.69) is 6.58 Å². The van der Waals surface area contributed by atoms with E-state index in [1.165, 1.54) is 40.8 Å². The molecule has 2 aliphatic heterocycles. The molecule has 1 saturated heterocycles. The summed E-state index contributed by atoms with van der Waals surface area (Å²) in [6.07, 6.45) is 1.22. The predicted octanol–water partition coefficient (Wildman–Crippen LogP) is 5.46. The largest absolute Gasteiger partial charge is 0.507 e. The Morgan fingerprint density at radius 2 is 1.71 bits per heavy atom. The monoisotopic (exact) mass is 673 g/mol. The molecule has 1 aromatic carbocycles. The fourth-order valence-electron chi connectivity index (χ4n) is 6.81. The number of rotatable bonds is 5. The van der Waals surface area contributed by atoms with Gasteiger partial charge in [0.15, 0.2) is 5.65 Å². The Kier molecular flexibility index (Phi) is 8.27. The summed E-state index contributed by atoms with van der Waals surface area (Å²) >= 11 is 6.88. The van der Waals surface area contributed by atoms with Crippen molar-refractivity contribution in [2.45, 2.75) is 65.5 Å². The van der Waals surface area contributed by atoms with E-state index >= 15 is 9.18 Å². The maximum Gasteiger partial charge on any atom is 0.283 e. The van der Waals surface area contributed by atoms with E-state index in [1.807, 2.05) is 39.5 Å². The minimum atomic E-state index is -0.810. The molecule has 2 atom stereocenters. The second-order valence-corrected chi connectivity index (χ2v) is 13.4. The summed E-state index contributed by atoms with van der Waals surface area (Å²) in [5.74, 6) is -1.56. The van der Waals surface area contributed by atoms with Gasteiger partial charge < -0.3 is 19.8 Å². The number of carbonyl (C=O) groups is 2. The first-order valence-corrected chi connectivity index (χ1v) is 16.2. The number of piperazine rings is 1. The van der Waals surface area contributed by atoms with Crippen LogP contribution in [0, 0.1) is 12.7 Å². The van der Waals surface area contributed by atoms with Crippen LogP contribution in [0.1, 0.15) is 63.7 Å². The van der Waals surface area contributed by atoms with Crippen molar-refractivity contribution in [3.8, 4) is 22.7 Å². The van der Waals surface area contributed by atoms with Crippen LogP contribution in [-0.4, -0.2) is 73.6 Å². The molecule has 250 valence electrons. The lowest BCUT2D eigenvalue weighted by atomic mass is 9.97. The molecule has 0 spiro atoms. The maximum atomic E-state index is 15.3. The Morgan fingerprint density at radius 1 is 1.06 bits per heavy atom. The third-order valence-corrected chi connectivity index (χ3v) is 9.37. The number of phenols is 1. The van der Waals surface area contributed by atoms with Crippen molar-refractivity contribution in [2.75, 3.05) is 29.9 Å². The van der Waals surface area contributed by atoms with E-state index in [1.54, 1.807) is 17.9 Å². The zero-order chi connectivity index (χ0) is 34.9. The molecule has 2 aliphatic rings. The summed E-state index contributed by atoms with van der Waals surface area (Å²) in [6.45, 7) is 15.4. The van der Waals surface area contributed by atoms with Crippen molar-refractivity contribution >= 4 is 45.8 Å². The summed E-state index contributed by atoms with van der Waals surface area (Å²) in [4.78, 5) is 61.0. The molecule has 0 unspecified atom stereocenters. The van der Waals surface area contributed by atoms with Gasteiger partial charge in [0, 0.05) is 25.0 Å². The molecular formula is C35H37ClFN7O4. The SMILES string of the molecule is C=CC(=O)N1C[C@@H]2C(=O)N(C)c3c(c4cc(Cl)c(-c5c(O)cccc5F)nc4n(-c4c(C(C)C)nc(C)nc4C(C)C)c3=O)N2C[C@H]1C. The summed E-state index contributed by atoms with van der Waals surface area (Å²) in [7, 11) is 1.53. The van der Waals surface area contributed by atoms with E-state index in [0.29, 0.717) is 34.0 Å². The molecule has 0 radical (unpaired) electrons. The Balaban J connectivity index is 1.79. The van der Waals surface area contributed by atoms with Crippen molar-refractivity contribution in [1.82, 2.24) is 24.4 Å². The van der Waals surface area contributed by atoms with Crippen molar-refractivity contribution in [1.29, 1.82) is 0 Å². The van der Waals surface area contributed by atoms with E-state index in [9.17, 15) is 14.7 Å². The third-order valence-electron chi connectivity index (χ3n) is 9.08. The molecule has 6 rings (SSSR count). The number of aromatic hydroxyl groups is 1. The van der Waals surface area contributed by atoms with Gasteiger partial charge in [-0.1, -0.05) is 51.9 Å². The molecule has 1 N–H and O–H groups in total. The molecule has 2 amide bonds. The van der Waals surface area contributed by atoms with Crippen molar-refractivity contribution in [3.63, 3.8) is 0 Å². The molecule has 5 heterocycles. The van der Waals surface area contributed by atoms with Crippen LogP contribution in [0.15, 0.2) is 41.7 Å². The van der Waals surface area contributed by atoms with E-state index < -0.39 is 17.4 Å². The number of halogens is 2. The molecule has 13 heteroatoms. The second kappa shape index (κ2) is 12.0. The molecule has 48 heavy (non-hydrogen) atoms. The number of anilines is 2. The predicted molar refractivity (Wildman–Crippen MR) is 184 cm³/mol. The number of amides is 2. The number of likely N-dealkylation sites (N-methyl/N-ethyl adjacent to an activating group) is 1. The minimum absolute atomic E-state index is 0.0215. The van der Waals surface area contributed by atoms with Gasteiger partial charge in [0.1, 0.15) is 29.1 Å². The van der Waals surface area contributed by atoms with Gasteiger partial charge in [-0.3, -0.25) is 19.0 Å². The van der Waals surface area contributed by atoms with Crippen LogP contribution < -0.4 is 15.4 Å². The number of phenolic OH excluding ortho intramolecular Hbond substituents is 1. The lowest BCUT2D eigenvalue weighted by molar-refractivity contribution is -0.130. The fraction of sp³-hybridized carbons (Fsp3) is 0.371. The average Bonchev–Trinajstić information content (AvgIpc) is 3.03. The lowest BCUT2D eigenvalue weighted by Gasteiger charge is -2.49. The summed E-state index contributed by atoms with van der Waals surface area (Å²) in [5, 5.41) is 11.2. The van der Waals surface area contributed by atoms with Gasteiger partial charge in [0.2, 0.25) is 5.91 Å². The number of hydrogen-bond acceptors (Lipinski definition) is 8. The summed E-state index contributed by atoms with van der Waals surface area (Å²) in [5.41, 5.74) is 1.40. The lowest BCUT2D eigenvalue weighted by Crippen LogP contribution is -2.66. The van der Waals surface area contributed by atoms with Crippen molar-refractivity contribution in [2.24, 2.45) is 0 Å². The van der Waals surface area contributed by atoms with Crippen molar-refractivity contribution in [3.05, 3.63) is 75.3 Å². The van der Waals surface area contributed by atoms with Crippen molar-refractivity contribution < 1.29 is 19.1 Å². The first-order valence-electron chi connectivity index (χ1n) is 15.8. The smallest absolute Gasteiger partial charge is 0.283 e. The number of benzene rings is 1. The zero-order valence-corrected chi connectivity index (χ0v) is 28.6. The van der Waals surface area contributed by atoms with Crippen LogP contribution in [0.3, 0.4) is 0 Å². The Morgan fingerprint density at radius 3 is 2.29 bits per heavy atom. The van der Waals surface area contributed by atoms with E-state index in [0.717, 1.165) is 0 Å². The first kappa shape index (κ1) is 33.1. The Hall–Kier alpha value is -4.84. The summed E-state index contributed by atoms with van der Waals surface area (Å²) in [6, 6.07) is 4.33. The molecule has 1 fully saturated rings. The number of hydrogen-bond donors (Lipinski definition) is 1. The average molecular weight is 674 g/mol. The molecule has 0 aliphatic carbocycles. The van der Waals surface area contributed by atoms with Crippen LogP contribution in [0.25, 0.3) is 28.0 Å². The topological polar surface area (TPSA) is 125 Å². The number of pyridine rings is 2. The highest BCUT2D eigenvalue weighted by Gasteiger charge is 2.46. The van der Waals surface area contributed by atoms with Crippen LogP contribution in [0.4, 0.5) is 15.8 Å². The molecule has 4 aromatic rings. The molecule has 11 nitrogen and oxygen atoms in total. The molecule has 3 aromatic heterocycles. The Bertz CT molecular complexity index is 2050.